The van der Waals surface area contributed by atoms with Gasteiger partial charge in [-0.15, -0.1) is 0 Å². The Morgan fingerprint density at radius 3 is 2.75 bits per heavy atom. The number of carboxylic acid groups (broad SMARTS) is 1. The van der Waals surface area contributed by atoms with Gasteiger partial charge in [0.25, 0.3) is 5.91 Å². The zero-order valence-electron chi connectivity index (χ0n) is 11.7. The monoisotopic (exact) mass is 278 g/mol. The third kappa shape index (κ3) is 2.46. The van der Waals surface area contributed by atoms with E-state index in [1.807, 2.05) is 0 Å². The van der Waals surface area contributed by atoms with Crippen LogP contribution in [0, 0.1) is 0 Å². The minimum Gasteiger partial charge on any atom is -0.480 e. The van der Waals surface area contributed by atoms with Crippen LogP contribution in [0.15, 0.2) is 18.2 Å². The predicted molar refractivity (Wildman–Crippen MR) is 73.9 cm³/mol. The number of hydrogen-bond acceptors (Lipinski definition) is 4. The SMILES string of the molecule is CN1C(=O)C(C)(C)Oc2ccc(CC(N)C(=O)O)cc21. The maximum Gasteiger partial charge on any atom is 0.320 e. The van der Waals surface area contributed by atoms with Crippen LogP contribution in [0.2, 0.25) is 0 Å². The molecule has 6 heteroatoms. The first-order valence-electron chi connectivity index (χ1n) is 6.31. The molecule has 108 valence electrons. The molecule has 0 fully saturated rings. The van der Waals surface area contributed by atoms with Crippen molar-refractivity contribution in [3.63, 3.8) is 0 Å². The van der Waals surface area contributed by atoms with Crippen LogP contribution in [0.4, 0.5) is 5.69 Å². The molecule has 6 nitrogen and oxygen atoms in total. The summed E-state index contributed by atoms with van der Waals surface area (Å²) in [5.74, 6) is -0.598. The molecule has 1 unspecified atom stereocenters. The summed E-state index contributed by atoms with van der Waals surface area (Å²) in [5.41, 5.74) is 6.00. The molecule has 0 radical (unpaired) electrons. The summed E-state index contributed by atoms with van der Waals surface area (Å²) in [6, 6.07) is 4.28. The summed E-state index contributed by atoms with van der Waals surface area (Å²) in [4.78, 5) is 24.4. The zero-order chi connectivity index (χ0) is 15.1. The first-order chi connectivity index (χ1) is 9.22. The number of amides is 1. The molecule has 0 aliphatic carbocycles. The molecule has 0 saturated heterocycles. The Hall–Kier alpha value is -2.08. The molecule has 0 spiro atoms. The second-order valence-electron chi connectivity index (χ2n) is 5.43. The van der Waals surface area contributed by atoms with Crippen molar-refractivity contribution >= 4 is 17.6 Å². The van der Waals surface area contributed by atoms with Crippen LogP contribution in [0.5, 0.6) is 5.75 Å². The first-order valence-corrected chi connectivity index (χ1v) is 6.31. The highest BCUT2D eigenvalue weighted by Gasteiger charge is 2.39. The van der Waals surface area contributed by atoms with Crippen molar-refractivity contribution in [2.75, 3.05) is 11.9 Å². The number of carbonyl (C=O) groups is 2. The van der Waals surface area contributed by atoms with Gasteiger partial charge in [0.15, 0.2) is 5.60 Å². The summed E-state index contributed by atoms with van der Waals surface area (Å²) < 4.78 is 5.67. The van der Waals surface area contributed by atoms with Gasteiger partial charge in [0.05, 0.1) is 5.69 Å². The average Bonchev–Trinajstić information content (AvgIpc) is 2.37. The predicted octanol–water partition coefficient (Wildman–Crippen LogP) is 0.775. The zero-order valence-corrected chi connectivity index (χ0v) is 11.7. The largest absolute Gasteiger partial charge is 0.480 e. The molecular formula is C14H18N2O4. The van der Waals surface area contributed by atoms with E-state index in [0.29, 0.717) is 11.4 Å². The van der Waals surface area contributed by atoms with Gasteiger partial charge in [-0.05, 0) is 38.0 Å². The quantitative estimate of drug-likeness (QED) is 0.852. The van der Waals surface area contributed by atoms with E-state index in [-0.39, 0.29) is 12.3 Å². The van der Waals surface area contributed by atoms with E-state index in [1.54, 1.807) is 39.1 Å². The lowest BCUT2D eigenvalue weighted by atomic mass is 10.0. The second kappa shape index (κ2) is 4.79. The number of benzene rings is 1. The summed E-state index contributed by atoms with van der Waals surface area (Å²) in [5, 5.41) is 8.83. The van der Waals surface area contributed by atoms with Crippen LogP contribution in [0.1, 0.15) is 19.4 Å². The molecule has 1 aliphatic heterocycles. The number of carbonyl (C=O) groups excluding carboxylic acids is 1. The van der Waals surface area contributed by atoms with Gasteiger partial charge < -0.3 is 20.5 Å². The van der Waals surface area contributed by atoms with Crippen LogP contribution in [-0.2, 0) is 16.0 Å². The molecule has 3 N–H and O–H groups in total. The fourth-order valence-corrected chi connectivity index (χ4v) is 2.21. The van der Waals surface area contributed by atoms with Gasteiger partial charge in [-0.3, -0.25) is 9.59 Å². The lowest BCUT2D eigenvalue weighted by Crippen LogP contribution is -2.50. The lowest BCUT2D eigenvalue weighted by molar-refractivity contribution is -0.138. The molecule has 1 aromatic carbocycles. The number of nitrogens with zero attached hydrogens (tertiary/aromatic N) is 1. The minimum atomic E-state index is -1.05. The topological polar surface area (TPSA) is 92.9 Å². The average molecular weight is 278 g/mol. The molecule has 1 aliphatic rings. The molecule has 1 amide bonds. The minimum absolute atomic E-state index is 0.148. The van der Waals surface area contributed by atoms with Crippen LogP contribution in [0.25, 0.3) is 0 Å². The molecular weight excluding hydrogens is 260 g/mol. The molecule has 1 aromatic rings. The van der Waals surface area contributed by atoms with Crippen LogP contribution < -0.4 is 15.4 Å². The van der Waals surface area contributed by atoms with Gasteiger partial charge in [0.1, 0.15) is 11.8 Å². The van der Waals surface area contributed by atoms with Crippen molar-refractivity contribution in [2.24, 2.45) is 5.73 Å². The standard InChI is InChI=1S/C14H18N2O4/c1-14(2)13(19)16(3)10-7-8(4-5-11(10)20-14)6-9(15)12(17)18/h4-5,7,9H,6,15H2,1-3H3,(H,17,18). The maximum absolute atomic E-state index is 12.1. The van der Waals surface area contributed by atoms with Crippen LogP contribution in [0.3, 0.4) is 0 Å². The second-order valence-corrected chi connectivity index (χ2v) is 5.43. The third-order valence-electron chi connectivity index (χ3n) is 3.34. The Labute approximate surface area is 117 Å². The highest BCUT2D eigenvalue weighted by atomic mass is 16.5. The van der Waals surface area contributed by atoms with Gasteiger partial charge >= 0.3 is 5.97 Å². The normalized spacial score (nSPS) is 18.2. The van der Waals surface area contributed by atoms with E-state index in [4.69, 9.17) is 15.6 Å². The van der Waals surface area contributed by atoms with Gasteiger partial charge in [0.2, 0.25) is 0 Å². The number of hydrogen-bond donors (Lipinski definition) is 2. The van der Waals surface area contributed by atoms with Crippen LogP contribution >= 0.6 is 0 Å². The van der Waals surface area contributed by atoms with Crippen LogP contribution in [-0.4, -0.2) is 35.7 Å². The van der Waals surface area contributed by atoms with Crippen molar-refractivity contribution < 1.29 is 19.4 Å². The highest BCUT2D eigenvalue weighted by molar-refractivity contribution is 6.02. The molecule has 1 heterocycles. The van der Waals surface area contributed by atoms with Crippen molar-refractivity contribution in [1.29, 1.82) is 0 Å². The number of carboxylic acids is 1. The summed E-state index contributed by atoms with van der Waals surface area (Å²) in [6.45, 7) is 3.42. The van der Waals surface area contributed by atoms with E-state index < -0.39 is 17.6 Å². The van der Waals surface area contributed by atoms with E-state index in [0.717, 1.165) is 5.56 Å². The van der Waals surface area contributed by atoms with Gasteiger partial charge in [0, 0.05) is 7.05 Å². The number of fused-ring (bicyclic) bond motifs is 1. The van der Waals surface area contributed by atoms with Crippen molar-refractivity contribution in [3.8, 4) is 5.75 Å². The molecule has 20 heavy (non-hydrogen) atoms. The number of rotatable bonds is 3. The molecule has 0 bridgehead atoms. The summed E-state index contributed by atoms with van der Waals surface area (Å²) in [6.07, 6.45) is 0.202. The van der Waals surface area contributed by atoms with E-state index >= 15 is 0 Å². The third-order valence-corrected chi connectivity index (χ3v) is 3.34. The Morgan fingerprint density at radius 1 is 1.50 bits per heavy atom. The van der Waals surface area contributed by atoms with Gasteiger partial charge in [-0.25, -0.2) is 0 Å². The first kappa shape index (κ1) is 14.3. The summed E-state index contributed by atoms with van der Waals surface area (Å²) >= 11 is 0. The van der Waals surface area contributed by atoms with E-state index in [2.05, 4.69) is 0 Å². The Balaban J connectivity index is 2.33. The fourth-order valence-electron chi connectivity index (χ4n) is 2.21. The maximum atomic E-state index is 12.1. The van der Waals surface area contributed by atoms with Gasteiger partial charge in [-0.1, -0.05) is 6.07 Å². The Kier molecular flexibility index (Phi) is 3.43. The smallest absolute Gasteiger partial charge is 0.320 e. The summed E-state index contributed by atoms with van der Waals surface area (Å²) in [7, 11) is 1.67. The van der Waals surface area contributed by atoms with E-state index in [1.165, 1.54) is 4.90 Å². The van der Waals surface area contributed by atoms with E-state index in [9.17, 15) is 9.59 Å². The number of nitrogens with two attached hydrogens (primary N) is 1. The van der Waals surface area contributed by atoms with Crippen molar-refractivity contribution in [3.05, 3.63) is 23.8 Å². The Bertz CT molecular complexity index is 568. The molecule has 1 atom stereocenters. The Morgan fingerprint density at radius 2 is 2.15 bits per heavy atom. The molecule has 2 rings (SSSR count). The van der Waals surface area contributed by atoms with Crippen molar-refractivity contribution in [2.45, 2.75) is 31.9 Å². The van der Waals surface area contributed by atoms with Crippen molar-refractivity contribution in [1.82, 2.24) is 0 Å². The number of ether oxygens (including phenoxy) is 1. The molecule has 0 saturated carbocycles. The fraction of sp³-hybridized carbons (Fsp3) is 0.429. The molecule has 0 aromatic heterocycles. The number of aliphatic carboxylic acids is 1. The number of anilines is 1. The number of likely N-dealkylation sites (N-methyl/N-ethyl adjacent to an activating group) is 1. The lowest BCUT2D eigenvalue weighted by Gasteiger charge is -2.37. The highest BCUT2D eigenvalue weighted by Crippen LogP contribution is 2.37. The van der Waals surface area contributed by atoms with Gasteiger partial charge in [-0.2, -0.15) is 0 Å².